The van der Waals surface area contributed by atoms with Gasteiger partial charge in [0.2, 0.25) is 0 Å². The van der Waals surface area contributed by atoms with E-state index in [9.17, 15) is 14.7 Å². The predicted molar refractivity (Wildman–Crippen MR) is 122 cm³/mol. The molecular formula is C26H32N2O3. The molecule has 1 atom stereocenters. The fraction of sp³-hybridized carbons (Fsp3) is 0.462. The van der Waals surface area contributed by atoms with Crippen LogP contribution in [0.2, 0.25) is 0 Å². The molecule has 5 nitrogen and oxygen atoms in total. The lowest BCUT2D eigenvalue weighted by atomic mass is 9.87. The van der Waals surface area contributed by atoms with Gasteiger partial charge in [-0.3, -0.25) is 19.4 Å². The number of hydrogen-bond acceptors (Lipinski definition) is 4. The summed E-state index contributed by atoms with van der Waals surface area (Å²) in [6, 6.07) is 14.8. The number of rotatable bonds is 6. The highest BCUT2D eigenvalue weighted by molar-refractivity contribution is 6.10. The van der Waals surface area contributed by atoms with E-state index in [1.807, 2.05) is 30.3 Å². The molecule has 31 heavy (non-hydrogen) atoms. The number of para-hydroxylation sites is 1. The Balaban J connectivity index is 1.58. The van der Waals surface area contributed by atoms with E-state index in [-0.39, 0.29) is 12.2 Å². The molecule has 0 aliphatic carbocycles. The summed E-state index contributed by atoms with van der Waals surface area (Å²) in [7, 11) is 0. The number of benzene rings is 2. The second-order valence-electron chi connectivity index (χ2n) is 9.16. The summed E-state index contributed by atoms with van der Waals surface area (Å²) in [5.41, 5.74) is 1.09. The van der Waals surface area contributed by atoms with Crippen molar-refractivity contribution in [2.45, 2.75) is 57.5 Å². The molecule has 5 heteroatoms. The van der Waals surface area contributed by atoms with Crippen molar-refractivity contribution in [3.05, 3.63) is 65.2 Å². The molecule has 1 fully saturated rings. The third-order valence-corrected chi connectivity index (χ3v) is 6.60. The van der Waals surface area contributed by atoms with Gasteiger partial charge < -0.3 is 5.11 Å². The van der Waals surface area contributed by atoms with E-state index >= 15 is 0 Å². The van der Waals surface area contributed by atoms with E-state index in [1.165, 1.54) is 12.8 Å². The van der Waals surface area contributed by atoms with Gasteiger partial charge >= 0.3 is 0 Å². The second-order valence-corrected chi connectivity index (χ2v) is 9.16. The molecule has 1 N–H and O–H groups in total. The van der Waals surface area contributed by atoms with Crippen molar-refractivity contribution in [2.75, 3.05) is 24.7 Å². The van der Waals surface area contributed by atoms with Gasteiger partial charge in [0.15, 0.2) is 11.4 Å². The second kappa shape index (κ2) is 8.93. The molecule has 1 unspecified atom stereocenters. The quantitative estimate of drug-likeness (QED) is 0.702. The molecular weight excluding hydrogens is 388 g/mol. The van der Waals surface area contributed by atoms with E-state index in [1.54, 1.807) is 23.1 Å². The first kappa shape index (κ1) is 21.7. The highest BCUT2D eigenvalue weighted by Gasteiger charge is 2.51. The largest absolute Gasteiger partial charge is 0.375 e. The number of likely N-dealkylation sites (tertiary alicyclic amines) is 1. The van der Waals surface area contributed by atoms with E-state index in [2.05, 4.69) is 18.7 Å². The summed E-state index contributed by atoms with van der Waals surface area (Å²) in [4.78, 5) is 30.4. The maximum absolute atomic E-state index is 13.5. The maximum Gasteiger partial charge on any atom is 0.265 e. The molecule has 1 amide bonds. The molecule has 2 heterocycles. The number of carbonyl (C=O) groups excluding carboxylic acids is 2. The number of fused-ring (bicyclic) bond motifs is 1. The summed E-state index contributed by atoms with van der Waals surface area (Å²) in [6.45, 7) is 6.56. The molecule has 2 aromatic rings. The van der Waals surface area contributed by atoms with Gasteiger partial charge in [-0.2, -0.15) is 0 Å². The third-order valence-electron chi connectivity index (χ3n) is 6.60. The first-order chi connectivity index (χ1) is 14.9. The van der Waals surface area contributed by atoms with Gasteiger partial charge in [0.1, 0.15) is 0 Å². The average molecular weight is 421 g/mol. The fourth-order valence-electron chi connectivity index (χ4n) is 4.68. The summed E-state index contributed by atoms with van der Waals surface area (Å²) < 4.78 is 0. The molecule has 2 aliphatic rings. The summed E-state index contributed by atoms with van der Waals surface area (Å²) in [5, 5.41) is 11.5. The van der Waals surface area contributed by atoms with Crippen LogP contribution in [0.15, 0.2) is 48.5 Å². The Hall–Kier alpha value is -2.50. The normalized spacial score (nSPS) is 21.9. The van der Waals surface area contributed by atoms with Crippen LogP contribution >= 0.6 is 0 Å². The molecule has 0 spiro atoms. The fourth-order valence-corrected chi connectivity index (χ4v) is 4.68. The molecule has 164 valence electrons. The van der Waals surface area contributed by atoms with Crippen LogP contribution in [0.1, 0.15) is 73.4 Å². The van der Waals surface area contributed by atoms with E-state index in [0.29, 0.717) is 29.4 Å². The minimum atomic E-state index is -1.82. The average Bonchev–Trinajstić information content (AvgIpc) is 2.95. The first-order valence-corrected chi connectivity index (χ1v) is 11.4. The van der Waals surface area contributed by atoms with Gasteiger partial charge in [-0.05, 0) is 43.5 Å². The Morgan fingerprint density at radius 3 is 2.29 bits per heavy atom. The van der Waals surface area contributed by atoms with Crippen LogP contribution in [0.5, 0.6) is 0 Å². The molecule has 2 aromatic carbocycles. The Bertz CT molecular complexity index is 945. The zero-order valence-corrected chi connectivity index (χ0v) is 18.5. The number of nitrogens with zero attached hydrogens (tertiary/aromatic N) is 2. The minimum absolute atomic E-state index is 0.224. The number of anilines is 1. The zero-order chi connectivity index (χ0) is 22.0. The Morgan fingerprint density at radius 2 is 1.65 bits per heavy atom. The molecule has 2 aliphatic heterocycles. The number of hydrogen-bond donors (Lipinski definition) is 1. The van der Waals surface area contributed by atoms with Crippen molar-refractivity contribution in [2.24, 2.45) is 0 Å². The van der Waals surface area contributed by atoms with Gasteiger partial charge in [-0.1, -0.05) is 69.2 Å². The van der Waals surface area contributed by atoms with Crippen LogP contribution in [0.25, 0.3) is 0 Å². The molecule has 1 saturated heterocycles. The Kier molecular flexibility index (Phi) is 6.26. The van der Waals surface area contributed by atoms with Gasteiger partial charge in [0.25, 0.3) is 5.91 Å². The van der Waals surface area contributed by atoms with Crippen molar-refractivity contribution in [1.29, 1.82) is 0 Å². The van der Waals surface area contributed by atoms with E-state index in [0.717, 1.165) is 31.5 Å². The standard InChI is InChI=1S/C26H32N2O3/c1-19(2)20-11-13-21(14-12-20)24(29)17-26(31)22-9-5-6-10-23(22)28(25(26)30)18-27-15-7-3-4-8-16-27/h5-6,9-14,19,31H,3-4,7-8,15-18H2,1-2H3. The smallest absolute Gasteiger partial charge is 0.265 e. The lowest BCUT2D eigenvalue weighted by molar-refractivity contribution is -0.136. The first-order valence-electron chi connectivity index (χ1n) is 11.4. The Morgan fingerprint density at radius 1 is 1.00 bits per heavy atom. The number of amides is 1. The van der Waals surface area contributed by atoms with Gasteiger partial charge in [-0.25, -0.2) is 0 Å². The minimum Gasteiger partial charge on any atom is -0.375 e. The van der Waals surface area contributed by atoms with Gasteiger partial charge in [-0.15, -0.1) is 0 Å². The number of ketones is 1. The van der Waals surface area contributed by atoms with Crippen molar-refractivity contribution < 1.29 is 14.7 Å². The third kappa shape index (κ3) is 4.30. The van der Waals surface area contributed by atoms with Gasteiger partial charge in [0.05, 0.1) is 18.8 Å². The summed E-state index contributed by atoms with van der Waals surface area (Å²) in [5.74, 6) is -0.244. The van der Waals surface area contributed by atoms with E-state index < -0.39 is 11.5 Å². The topological polar surface area (TPSA) is 60.9 Å². The van der Waals surface area contributed by atoms with Crippen LogP contribution in [-0.4, -0.2) is 41.5 Å². The van der Waals surface area contributed by atoms with Crippen LogP contribution < -0.4 is 4.90 Å². The number of Topliss-reactive ketones (excluding diaryl/α,β-unsaturated/α-hetero) is 1. The van der Waals surface area contributed by atoms with Crippen molar-refractivity contribution in [3.8, 4) is 0 Å². The lowest BCUT2D eigenvalue weighted by Crippen LogP contribution is -2.46. The number of carbonyl (C=O) groups is 2. The van der Waals surface area contributed by atoms with Crippen molar-refractivity contribution in [1.82, 2.24) is 4.90 Å². The monoisotopic (exact) mass is 420 g/mol. The van der Waals surface area contributed by atoms with E-state index in [4.69, 9.17) is 0 Å². The highest BCUT2D eigenvalue weighted by atomic mass is 16.3. The SMILES string of the molecule is CC(C)c1ccc(C(=O)CC2(O)C(=O)N(CN3CCCCCC3)c3ccccc32)cc1. The zero-order valence-electron chi connectivity index (χ0n) is 18.5. The van der Waals surface area contributed by atoms with Crippen LogP contribution in [0, 0.1) is 0 Å². The maximum atomic E-state index is 13.5. The molecule has 0 radical (unpaired) electrons. The van der Waals surface area contributed by atoms with Crippen molar-refractivity contribution in [3.63, 3.8) is 0 Å². The molecule has 0 saturated carbocycles. The van der Waals surface area contributed by atoms with Crippen molar-refractivity contribution >= 4 is 17.4 Å². The molecule has 4 rings (SSSR count). The highest BCUT2D eigenvalue weighted by Crippen LogP contribution is 2.43. The predicted octanol–water partition coefficient (Wildman–Crippen LogP) is 4.45. The van der Waals surface area contributed by atoms with Crippen LogP contribution in [0.3, 0.4) is 0 Å². The van der Waals surface area contributed by atoms with Crippen LogP contribution in [0.4, 0.5) is 5.69 Å². The Labute approximate surface area is 184 Å². The molecule has 0 bridgehead atoms. The lowest BCUT2D eigenvalue weighted by Gasteiger charge is -2.28. The van der Waals surface area contributed by atoms with Crippen LogP contribution in [-0.2, 0) is 10.4 Å². The summed E-state index contributed by atoms with van der Waals surface area (Å²) >= 11 is 0. The summed E-state index contributed by atoms with van der Waals surface area (Å²) in [6.07, 6.45) is 4.43. The number of aliphatic hydroxyl groups is 1. The molecule has 0 aromatic heterocycles. The van der Waals surface area contributed by atoms with Gasteiger partial charge in [0, 0.05) is 11.1 Å².